The summed E-state index contributed by atoms with van der Waals surface area (Å²) in [5, 5.41) is 15.8. The summed E-state index contributed by atoms with van der Waals surface area (Å²) in [6, 6.07) is 9.68. The summed E-state index contributed by atoms with van der Waals surface area (Å²) in [6.45, 7) is 1.06. The highest BCUT2D eigenvalue weighted by molar-refractivity contribution is 5.80. The zero-order valence-electron chi connectivity index (χ0n) is 19.9. The summed E-state index contributed by atoms with van der Waals surface area (Å²) in [5.74, 6) is 0.0120. The van der Waals surface area contributed by atoms with Crippen LogP contribution in [0.25, 0.3) is 0 Å². The van der Waals surface area contributed by atoms with Gasteiger partial charge in [0.2, 0.25) is 11.8 Å². The summed E-state index contributed by atoms with van der Waals surface area (Å²) in [7, 11) is 1.53. The molecule has 0 bridgehead atoms. The van der Waals surface area contributed by atoms with Crippen LogP contribution in [-0.2, 0) is 22.4 Å². The molecule has 1 aliphatic carbocycles. The lowest BCUT2D eigenvalue weighted by molar-refractivity contribution is -0.138. The lowest BCUT2D eigenvalue weighted by atomic mass is 9.79. The van der Waals surface area contributed by atoms with Gasteiger partial charge in [-0.25, -0.2) is 4.98 Å². The average molecular weight is 466 g/mol. The van der Waals surface area contributed by atoms with E-state index in [9.17, 15) is 14.7 Å². The molecule has 2 aromatic rings. The number of amides is 1. The predicted molar refractivity (Wildman–Crippen MR) is 131 cm³/mol. The molecule has 4 rings (SSSR count). The Morgan fingerprint density at radius 3 is 2.74 bits per heavy atom. The van der Waals surface area contributed by atoms with E-state index in [0.29, 0.717) is 17.4 Å². The molecule has 0 saturated heterocycles. The van der Waals surface area contributed by atoms with Crippen LogP contribution in [-0.4, -0.2) is 35.6 Å². The fourth-order valence-corrected chi connectivity index (χ4v) is 5.18. The molecule has 34 heavy (non-hydrogen) atoms. The van der Waals surface area contributed by atoms with Gasteiger partial charge in [-0.05, 0) is 80.0 Å². The summed E-state index contributed by atoms with van der Waals surface area (Å²) in [6.07, 6.45) is 9.75. The van der Waals surface area contributed by atoms with Crippen LogP contribution in [0.15, 0.2) is 36.5 Å². The number of benzene rings is 1. The second-order valence-electron chi connectivity index (χ2n) is 9.57. The number of aliphatic carboxylic acids is 1. The van der Waals surface area contributed by atoms with Gasteiger partial charge in [0.1, 0.15) is 0 Å². The minimum absolute atomic E-state index is 0.0544. The van der Waals surface area contributed by atoms with Crippen LogP contribution in [0.3, 0.4) is 0 Å². The molecule has 2 heterocycles. The van der Waals surface area contributed by atoms with E-state index in [1.807, 2.05) is 0 Å². The van der Waals surface area contributed by atoms with Crippen molar-refractivity contribution in [2.45, 2.75) is 63.8 Å². The molecule has 0 radical (unpaired) electrons. The van der Waals surface area contributed by atoms with E-state index >= 15 is 0 Å². The average Bonchev–Trinajstić information content (AvgIpc) is 2.87. The maximum atomic E-state index is 13.0. The number of hydrogen-bond acceptors (Lipinski definition) is 5. The Balaban J connectivity index is 1.26. The van der Waals surface area contributed by atoms with E-state index < -0.39 is 12.0 Å². The van der Waals surface area contributed by atoms with Crippen LogP contribution in [0.1, 0.15) is 67.7 Å². The number of pyridine rings is 1. The zero-order valence-corrected chi connectivity index (χ0v) is 19.9. The first-order chi connectivity index (χ1) is 16.5. The molecule has 2 aliphatic rings. The number of anilines is 1. The summed E-state index contributed by atoms with van der Waals surface area (Å²) in [4.78, 5) is 28.5. The SMILES string of the molecule is COc1ccc([C@H](CC(=O)O)NC(=O)C2CCC(CCc3ccc4c(c3)NCCC4)CC2)cn1. The number of hydrogen-bond donors (Lipinski definition) is 3. The van der Waals surface area contributed by atoms with Crippen LogP contribution in [0, 0.1) is 11.8 Å². The maximum absolute atomic E-state index is 13.0. The molecule has 1 saturated carbocycles. The van der Waals surface area contributed by atoms with Crippen molar-refractivity contribution in [1.82, 2.24) is 10.3 Å². The van der Waals surface area contributed by atoms with Gasteiger partial charge in [-0.15, -0.1) is 0 Å². The molecule has 1 amide bonds. The fourth-order valence-electron chi connectivity index (χ4n) is 5.18. The number of aryl methyl sites for hydroxylation is 2. The van der Waals surface area contributed by atoms with Crippen molar-refractivity contribution in [3.8, 4) is 5.88 Å². The van der Waals surface area contributed by atoms with E-state index in [1.165, 1.54) is 30.3 Å². The van der Waals surface area contributed by atoms with Crippen molar-refractivity contribution >= 4 is 17.6 Å². The van der Waals surface area contributed by atoms with Crippen molar-refractivity contribution in [2.24, 2.45) is 11.8 Å². The van der Waals surface area contributed by atoms with E-state index in [4.69, 9.17) is 4.74 Å². The number of aromatic nitrogens is 1. The van der Waals surface area contributed by atoms with Crippen LogP contribution in [0.4, 0.5) is 5.69 Å². The van der Waals surface area contributed by atoms with Crippen LogP contribution in [0.2, 0.25) is 0 Å². The Morgan fingerprint density at radius 2 is 2.03 bits per heavy atom. The number of carboxylic acid groups (broad SMARTS) is 1. The molecular formula is C27H35N3O4. The van der Waals surface area contributed by atoms with E-state index in [1.54, 1.807) is 18.3 Å². The Morgan fingerprint density at radius 1 is 1.21 bits per heavy atom. The molecule has 1 atom stereocenters. The summed E-state index contributed by atoms with van der Waals surface area (Å²) in [5.41, 5.74) is 4.78. The number of rotatable bonds is 9. The molecule has 0 unspecified atom stereocenters. The van der Waals surface area contributed by atoms with Crippen molar-refractivity contribution < 1.29 is 19.4 Å². The Kier molecular flexibility index (Phi) is 8.03. The van der Waals surface area contributed by atoms with Gasteiger partial charge in [-0.3, -0.25) is 9.59 Å². The molecule has 1 fully saturated rings. The highest BCUT2D eigenvalue weighted by Crippen LogP contribution is 2.33. The van der Waals surface area contributed by atoms with Crippen LogP contribution in [0.5, 0.6) is 5.88 Å². The van der Waals surface area contributed by atoms with Gasteiger partial charge >= 0.3 is 5.97 Å². The van der Waals surface area contributed by atoms with Crippen molar-refractivity contribution in [1.29, 1.82) is 0 Å². The summed E-state index contributed by atoms with van der Waals surface area (Å²) < 4.78 is 5.07. The zero-order chi connectivity index (χ0) is 23.9. The monoisotopic (exact) mass is 465 g/mol. The van der Waals surface area contributed by atoms with Crippen molar-refractivity contribution in [3.05, 3.63) is 53.2 Å². The van der Waals surface area contributed by atoms with Gasteiger partial charge in [0.25, 0.3) is 0 Å². The second kappa shape index (κ2) is 11.4. The van der Waals surface area contributed by atoms with E-state index in [2.05, 4.69) is 33.8 Å². The molecule has 0 spiro atoms. The standard InChI is InChI=1S/C27H35N3O4/c1-34-25-13-12-22(17-29-25)24(16-26(31)32)30-27(33)21-10-6-18(7-11-21)4-5-19-8-9-20-3-2-14-28-23(20)15-19/h8-9,12-13,15,17-18,21,24,28H,2-7,10-11,14,16H2,1H3,(H,30,33)(H,31,32)/t18?,21?,24-/m0/s1. The summed E-state index contributed by atoms with van der Waals surface area (Å²) >= 11 is 0. The largest absolute Gasteiger partial charge is 0.481 e. The predicted octanol–water partition coefficient (Wildman–Crippen LogP) is 4.52. The Labute approximate surface area is 201 Å². The number of carbonyl (C=O) groups excluding carboxylic acids is 1. The lowest BCUT2D eigenvalue weighted by Gasteiger charge is -2.29. The van der Waals surface area contributed by atoms with E-state index in [0.717, 1.165) is 51.5 Å². The molecule has 1 aliphatic heterocycles. The third kappa shape index (κ3) is 6.27. The van der Waals surface area contributed by atoms with Gasteiger partial charge < -0.3 is 20.5 Å². The molecular weight excluding hydrogens is 430 g/mol. The van der Waals surface area contributed by atoms with Gasteiger partial charge in [-0.2, -0.15) is 0 Å². The molecule has 3 N–H and O–H groups in total. The third-order valence-electron chi connectivity index (χ3n) is 7.24. The third-order valence-corrected chi connectivity index (χ3v) is 7.24. The van der Waals surface area contributed by atoms with Gasteiger partial charge in [-0.1, -0.05) is 18.2 Å². The number of carboxylic acids is 1. The fraction of sp³-hybridized carbons (Fsp3) is 0.519. The molecule has 182 valence electrons. The number of carbonyl (C=O) groups is 2. The second-order valence-corrected chi connectivity index (χ2v) is 9.57. The normalized spacial score (nSPS) is 20.5. The van der Waals surface area contributed by atoms with E-state index in [-0.39, 0.29) is 18.2 Å². The van der Waals surface area contributed by atoms with Gasteiger partial charge in [0.15, 0.2) is 0 Å². The maximum Gasteiger partial charge on any atom is 0.305 e. The smallest absolute Gasteiger partial charge is 0.305 e. The molecule has 1 aromatic heterocycles. The van der Waals surface area contributed by atoms with Crippen LogP contribution >= 0.6 is 0 Å². The number of fused-ring (bicyclic) bond motifs is 1. The minimum Gasteiger partial charge on any atom is -0.481 e. The topological polar surface area (TPSA) is 101 Å². The highest BCUT2D eigenvalue weighted by Gasteiger charge is 2.28. The van der Waals surface area contributed by atoms with Gasteiger partial charge in [0, 0.05) is 30.4 Å². The Bertz CT molecular complexity index is 984. The van der Waals surface area contributed by atoms with Crippen LogP contribution < -0.4 is 15.4 Å². The van der Waals surface area contributed by atoms with Crippen molar-refractivity contribution in [3.63, 3.8) is 0 Å². The Hall–Kier alpha value is -3.09. The first-order valence-electron chi connectivity index (χ1n) is 12.4. The number of ether oxygens (including phenoxy) is 1. The lowest BCUT2D eigenvalue weighted by Crippen LogP contribution is -2.36. The highest BCUT2D eigenvalue weighted by atomic mass is 16.5. The quantitative estimate of drug-likeness (QED) is 0.503. The first-order valence-corrected chi connectivity index (χ1v) is 12.4. The molecule has 7 heteroatoms. The minimum atomic E-state index is -0.956. The molecule has 1 aromatic carbocycles. The van der Waals surface area contributed by atoms with Gasteiger partial charge in [0.05, 0.1) is 19.6 Å². The number of nitrogens with one attached hydrogen (secondary N) is 2. The first kappa shape index (κ1) is 24.0. The van der Waals surface area contributed by atoms with Crippen molar-refractivity contribution in [2.75, 3.05) is 19.0 Å². The number of nitrogens with zero attached hydrogens (tertiary/aromatic N) is 1. The number of methoxy groups -OCH3 is 1. The molecule has 7 nitrogen and oxygen atoms in total.